The van der Waals surface area contributed by atoms with Gasteiger partial charge in [-0.3, -0.25) is 0 Å². The fraction of sp³-hybridized carbons (Fsp3) is 0.200. The zero-order valence-electron chi connectivity index (χ0n) is 17.0. The molecule has 158 valence electrons. The molecule has 5 rings (SSSR count). The Morgan fingerprint density at radius 3 is 2.84 bits per heavy atom. The predicted molar refractivity (Wildman–Crippen MR) is 124 cm³/mol. The number of fused-ring (bicyclic) bond motifs is 4. The number of phenols is 1. The molecular weight excluding hydrogens is 408 g/mol. The molecule has 3 unspecified atom stereocenters. The minimum Gasteiger partial charge on any atom is -0.508 e. The molecule has 1 heterocycles. The van der Waals surface area contributed by atoms with Gasteiger partial charge in [0.25, 0.3) is 0 Å². The highest BCUT2D eigenvalue weighted by atomic mass is 32.2. The van der Waals surface area contributed by atoms with Crippen molar-refractivity contribution in [2.24, 2.45) is 5.92 Å². The average Bonchev–Trinajstić information content (AvgIpc) is 3.27. The first-order valence-electron chi connectivity index (χ1n) is 10.4. The monoisotopic (exact) mass is 432 g/mol. The summed E-state index contributed by atoms with van der Waals surface area (Å²) in [6.45, 7) is 3.76. The van der Waals surface area contributed by atoms with Crippen LogP contribution in [0.25, 0.3) is 10.8 Å². The Bertz CT molecular complexity index is 1310. The lowest BCUT2D eigenvalue weighted by atomic mass is 9.76. The molecule has 0 fully saturated rings. The van der Waals surface area contributed by atoms with Gasteiger partial charge in [0.05, 0.1) is 10.9 Å². The van der Waals surface area contributed by atoms with E-state index in [0.29, 0.717) is 0 Å². The number of allylic oxidation sites excluding steroid dienone is 2. The van der Waals surface area contributed by atoms with Crippen LogP contribution in [-0.2, 0) is 10.0 Å². The van der Waals surface area contributed by atoms with Gasteiger partial charge in [0.15, 0.2) is 0 Å². The molecule has 0 saturated carbocycles. The van der Waals surface area contributed by atoms with Gasteiger partial charge < -0.3 is 10.4 Å². The summed E-state index contributed by atoms with van der Waals surface area (Å²) in [4.78, 5) is 0.250. The Hall–Kier alpha value is -3.09. The summed E-state index contributed by atoms with van der Waals surface area (Å²) in [6.07, 6.45) is 6.69. The largest absolute Gasteiger partial charge is 0.508 e. The van der Waals surface area contributed by atoms with Crippen LogP contribution in [0.3, 0.4) is 0 Å². The molecule has 1 aliphatic carbocycles. The Kier molecular flexibility index (Phi) is 4.84. The minimum atomic E-state index is -3.60. The fourth-order valence-electron chi connectivity index (χ4n) is 4.89. The summed E-state index contributed by atoms with van der Waals surface area (Å²) in [6, 6.07) is 16.9. The van der Waals surface area contributed by atoms with Crippen molar-refractivity contribution in [3.63, 3.8) is 0 Å². The molecule has 31 heavy (non-hydrogen) atoms. The number of anilines is 1. The quantitative estimate of drug-likeness (QED) is 0.504. The van der Waals surface area contributed by atoms with E-state index in [0.717, 1.165) is 34.0 Å². The minimum absolute atomic E-state index is 0.0779. The molecule has 0 saturated heterocycles. The van der Waals surface area contributed by atoms with Crippen LogP contribution < -0.4 is 10.0 Å². The summed E-state index contributed by atoms with van der Waals surface area (Å²) in [7, 11) is -3.60. The SMILES string of the molecule is C=CCNS(=O)(=O)c1ccc2c(c1)C1C=CCC1C(c1c(O)ccc3ccccc13)N2. The van der Waals surface area contributed by atoms with Gasteiger partial charge in [0, 0.05) is 23.7 Å². The first-order chi connectivity index (χ1) is 15.0. The van der Waals surface area contributed by atoms with Gasteiger partial charge >= 0.3 is 0 Å². The first-order valence-corrected chi connectivity index (χ1v) is 11.9. The lowest BCUT2D eigenvalue weighted by molar-refractivity contribution is 0.404. The van der Waals surface area contributed by atoms with Crippen LogP contribution >= 0.6 is 0 Å². The van der Waals surface area contributed by atoms with Crippen LogP contribution in [0.5, 0.6) is 5.75 Å². The third-order valence-corrected chi connectivity index (χ3v) is 7.74. The first kappa shape index (κ1) is 19.8. The molecule has 0 spiro atoms. The van der Waals surface area contributed by atoms with Gasteiger partial charge in [0.1, 0.15) is 5.75 Å². The topological polar surface area (TPSA) is 78.4 Å². The maximum atomic E-state index is 12.6. The zero-order chi connectivity index (χ0) is 21.6. The summed E-state index contributed by atoms with van der Waals surface area (Å²) in [5, 5.41) is 16.5. The molecule has 5 nitrogen and oxygen atoms in total. The molecule has 0 aromatic heterocycles. The van der Waals surface area contributed by atoms with E-state index in [-0.39, 0.29) is 35.1 Å². The number of hydrogen-bond donors (Lipinski definition) is 3. The highest BCUT2D eigenvalue weighted by Crippen LogP contribution is 2.52. The molecule has 3 aromatic carbocycles. The lowest BCUT2D eigenvalue weighted by Gasteiger charge is -2.38. The molecular formula is C25H24N2O3S. The van der Waals surface area contributed by atoms with E-state index in [1.165, 1.54) is 6.08 Å². The molecule has 1 aliphatic heterocycles. The number of benzene rings is 3. The van der Waals surface area contributed by atoms with Crippen molar-refractivity contribution in [3.05, 3.63) is 90.5 Å². The molecule has 0 bridgehead atoms. The van der Waals surface area contributed by atoms with E-state index in [2.05, 4.69) is 28.8 Å². The van der Waals surface area contributed by atoms with Gasteiger partial charge in [-0.15, -0.1) is 6.58 Å². The van der Waals surface area contributed by atoms with E-state index in [9.17, 15) is 13.5 Å². The number of nitrogens with one attached hydrogen (secondary N) is 2. The smallest absolute Gasteiger partial charge is 0.240 e. The van der Waals surface area contributed by atoms with Crippen LogP contribution in [0.15, 0.2) is 84.3 Å². The van der Waals surface area contributed by atoms with Crippen molar-refractivity contribution < 1.29 is 13.5 Å². The Morgan fingerprint density at radius 1 is 1.16 bits per heavy atom. The van der Waals surface area contributed by atoms with Crippen LogP contribution in [0.4, 0.5) is 5.69 Å². The Morgan fingerprint density at radius 2 is 2.00 bits per heavy atom. The number of rotatable bonds is 5. The molecule has 0 radical (unpaired) electrons. The van der Waals surface area contributed by atoms with Crippen LogP contribution in [0.2, 0.25) is 0 Å². The number of sulfonamides is 1. The summed E-state index contributed by atoms with van der Waals surface area (Å²) in [5.74, 6) is 0.538. The normalized spacial score (nSPS) is 22.0. The van der Waals surface area contributed by atoms with Crippen molar-refractivity contribution in [1.29, 1.82) is 0 Å². The van der Waals surface area contributed by atoms with Crippen molar-refractivity contribution in [1.82, 2.24) is 4.72 Å². The van der Waals surface area contributed by atoms with Gasteiger partial charge in [-0.05, 0) is 52.9 Å². The van der Waals surface area contributed by atoms with Crippen molar-refractivity contribution in [2.75, 3.05) is 11.9 Å². The van der Waals surface area contributed by atoms with Crippen LogP contribution in [-0.4, -0.2) is 20.1 Å². The van der Waals surface area contributed by atoms with E-state index in [1.54, 1.807) is 18.2 Å². The average molecular weight is 433 g/mol. The molecule has 2 aliphatic rings. The number of hydrogen-bond acceptors (Lipinski definition) is 4. The summed E-state index contributed by atoms with van der Waals surface area (Å²) < 4.78 is 27.8. The second-order valence-electron chi connectivity index (χ2n) is 8.08. The number of phenolic OH excluding ortho intramolecular Hbond substituents is 1. The highest BCUT2D eigenvalue weighted by molar-refractivity contribution is 7.89. The van der Waals surface area contributed by atoms with Gasteiger partial charge in [-0.1, -0.05) is 48.6 Å². The molecule has 3 aromatic rings. The Balaban J connectivity index is 1.60. The van der Waals surface area contributed by atoms with Crippen molar-refractivity contribution in [2.45, 2.75) is 23.3 Å². The van der Waals surface area contributed by atoms with Gasteiger partial charge in [0.2, 0.25) is 10.0 Å². The van der Waals surface area contributed by atoms with Crippen molar-refractivity contribution >= 4 is 26.5 Å². The molecule has 3 atom stereocenters. The third-order valence-electron chi connectivity index (χ3n) is 6.32. The second kappa shape index (κ2) is 7.55. The molecule has 0 amide bonds. The van der Waals surface area contributed by atoms with Gasteiger partial charge in [-0.2, -0.15) is 0 Å². The Labute approximate surface area is 182 Å². The van der Waals surface area contributed by atoms with E-state index >= 15 is 0 Å². The summed E-state index contributed by atoms with van der Waals surface area (Å²) in [5.41, 5.74) is 2.76. The van der Waals surface area contributed by atoms with E-state index < -0.39 is 10.0 Å². The van der Waals surface area contributed by atoms with Crippen LogP contribution in [0, 0.1) is 5.92 Å². The second-order valence-corrected chi connectivity index (χ2v) is 9.85. The van der Waals surface area contributed by atoms with E-state index in [1.807, 2.05) is 36.4 Å². The fourth-order valence-corrected chi connectivity index (χ4v) is 5.92. The highest BCUT2D eigenvalue weighted by Gasteiger charge is 2.40. The predicted octanol–water partition coefficient (Wildman–Crippen LogP) is 4.84. The number of aromatic hydroxyl groups is 1. The van der Waals surface area contributed by atoms with Crippen LogP contribution in [0.1, 0.15) is 29.5 Å². The van der Waals surface area contributed by atoms with Gasteiger partial charge in [-0.25, -0.2) is 13.1 Å². The van der Waals surface area contributed by atoms with Crippen molar-refractivity contribution in [3.8, 4) is 5.75 Å². The third kappa shape index (κ3) is 3.32. The summed E-state index contributed by atoms with van der Waals surface area (Å²) >= 11 is 0. The maximum Gasteiger partial charge on any atom is 0.240 e. The lowest BCUT2D eigenvalue weighted by Crippen LogP contribution is -2.30. The zero-order valence-corrected chi connectivity index (χ0v) is 17.8. The van der Waals surface area contributed by atoms with E-state index in [4.69, 9.17) is 0 Å². The maximum absolute atomic E-state index is 12.6. The standard InChI is InChI=1S/C25H24N2O3S/c1-2-14-26-31(29,30)17-11-12-22-21(15-17)19-8-5-9-20(19)25(27-22)24-18-7-4-3-6-16(18)10-13-23(24)28/h2-8,10-13,15,19-20,25-28H,1,9,14H2. The molecule has 3 N–H and O–H groups in total. The molecule has 6 heteroatoms.